The summed E-state index contributed by atoms with van der Waals surface area (Å²) in [6.45, 7) is 1.65. The Labute approximate surface area is 140 Å². The number of aliphatic hydroxyl groups excluding tert-OH is 1. The number of carbonyl (C=O) groups is 2. The maximum absolute atomic E-state index is 12.3. The molecular formula is C18H19NO5. The lowest BCUT2D eigenvalue weighted by Crippen LogP contribution is -2.27. The molecule has 1 N–H and O–H groups in total. The SMILES string of the molecule is COC(=O)C1=C(C(=O)OC)N(c2cccc(C(C)O)c2)C=CC=C1. The summed E-state index contributed by atoms with van der Waals surface area (Å²) >= 11 is 0. The Balaban J connectivity index is 2.63. The molecule has 1 aromatic carbocycles. The number of allylic oxidation sites excluding steroid dienone is 2. The minimum absolute atomic E-state index is 0.0390. The van der Waals surface area contributed by atoms with Crippen LogP contribution in [0.1, 0.15) is 18.6 Å². The summed E-state index contributed by atoms with van der Waals surface area (Å²) in [5, 5.41) is 9.77. The average Bonchev–Trinajstić information content (AvgIpc) is 2.83. The summed E-state index contributed by atoms with van der Waals surface area (Å²) in [4.78, 5) is 25.9. The lowest BCUT2D eigenvalue weighted by molar-refractivity contribution is -0.139. The van der Waals surface area contributed by atoms with Crippen LogP contribution in [0.5, 0.6) is 0 Å². The van der Waals surface area contributed by atoms with E-state index < -0.39 is 18.0 Å². The van der Waals surface area contributed by atoms with Crippen LogP contribution in [0.4, 0.5) is 5.69 Å². The molecule has 1 aromatic rings. The van der Waals surface area contributed by atoms with Crippen molar-refractivity contribution < 1.29 is 24.2 Å². The molecule has 2 rings (SSSR count). The number of methoxy groups -OCH3 is 2. The van der Waals surface area contributed by atoms with Crippen molar-refractivity contribution in [1.82, 2.24) is 0 Å². The monoisotopic (exact) mass is 329 g/mol. The van der Waals surface area contributed by atoms with Crippen LogP contribution in [-0.2, 0) is 19.1 Å². The fraction of sp³-hybridized carbons (Fsp3) is 0.222. The first-order valence-corrected chi connectivity index (χ1v) is 7.32. The number of nitrogens with zero attached hydrogens (tertiary/aromatic N) is 1. The van der Waals surface area contributed by atoms with Crippen LogP contribution in [0.15, 0.2) is 60.0 Å². The van der Waals surface area contributed by atoms with Gasteiger partial charge in [0.1, 0.15) is 5.70 Å². The van der Waals surface area contributed by atoms with Crippen molar-refractivity contribution in [1.29, 1.82) is 0 Å². The Kier molecular flexibility index (Phi) is 5.55. The van der Waals surface area contributed by atoms with Crippen LogP contribution in [0, 0.1) is 0 Å². The Morgan fingerprint density at radius 3 is 2.46 bits per heavy atom. The topological polar surface area (TPSA) is 76.1 Å². The van der Waals surface area contributed by atoms with Gasteiger partial charge in [-0.2, -0.15) is 0 Å². The predicted molar refractivity (Wildman–Crippen MR) is 88.9 cm³/mol. The number of hydrogen-bond acceptors (Lipinski definition) is 6. The Hall–Kier alpha value is -2.86. The van der Waals surface area contributed by atoms with Crippen molar-refractivity contribution in [3.63, 3.8) is 0 Å². The molecule has 0 amide bonds. The van der Waals surface area contributed by atoms with Gasteiger partial charge in [-0.3, -0.25) is 0 Å². The largest absolute Gasteiger partial charge is 0.465 e. The van der Waals surface area contributed by atoms with Crippen LogP contribution in [0.3, 0.4) is 0 Å². The number of hydrogen-bond donors (Lipinski definition) is 1. The van der Waals surface area contributed by atoms with Gasteiger partial charge in [-0.05, 0) is 36.8 Å². The van der Waals surface area contributed by atoms with Gasteiger partial charge in [0.25, 0.3) is 0 Å². The zero-order valence-corrected chi connectivity index (χ0v) is 13.7. The van der Waals surface area contributed by atoms with Crippen LogP contribution < -0.4 is 4.90 Å². The van der Waals surface area contributed by atoms with Gasteiger partial charge < -0.3 is 19.5 Å². The predicted octanol–water partition coefficient (Wildman–Crippen LogP) is 2.23. The van der Waals surface area contributed by atoms with E-state index >= 15 is 0 Å². The summed E-state index contributed by atoms with van der Waals surface area (Å²) in [5.41, 5.74) is 1.41. The molecule has 126 valence electrons. The zero-order chi connectivity index (χ0) is 17.7. The lowest BCUT2D eigenvalue weighted by Gasteiger charge is -2.23. The van der Waals surface area contributed by atoms with Gasteiger partial charge in [0.05, 0.1) is 25.9 Å². The molecule has 0 aliphatic carbocycles. The molecule has 1 atom stereocenters. The third-order valence-corrected chi connectivity index (χ3v) is 3.52. The van der Waals surface area contributed by atoms with E-state index in [1.54, 1.807) is 49.5 Å². The van der Waals surface area contributed by atoms with Gasteiger partial charge in [0.2, 0.25) is 0 Å². The van der Waals surface area contributed by atoms with E-state index in [9.17, 15) is 14.7 Å². The van der Waals surface area contributed by atoms with E-state index in [2.05, 4.69) is 0 Å². The van der Waals surface area contributed by atoms with E-state index in [1.165, 1.54) is 25.2 Å². The van der Waals surface area contributed by atoms with Crippen molar-refractivity contribution in [2.24, 2.45) is 0 Å². The molecule has 0 bridgehead atoms. The van der Waals surface area contributed by atoms with E-state index in [1.807, 2.05) is 0 Å². The Morgan fingerprint density at radius 2 is 1.83 bits per heavy atom. The van der Waals surface area contributed by atoms with Crippen molar-refractivity contribution in [3.8, 4) is 0 Å². The molecule has 1 aliphatic rings. The molecule has 1 heterocycles. The lowest BCUT2D eigenvalue weighted by atomic mass is 10.1. The van der Waals surface area contributed by atoms with E-state index in [4.69, 9.17) is 9.47 Å². The fourth-order valence-corrected chi connectivity index (χ4v) is 2.30. The number of benzene rings is 1. The molecule has 0 aromatic heterocycles. The van der Waals surface area contributed by atoms with Gasteiger partial charge >= 0.3 is 11.9 Å². The normalized spacial score (nSPS) is 15.1. The number of rotatable bonds is 4. The summed E-state index contributed by atoms with van der Waals surface area (Å²) in [5.74, 6) is -1.32. The maximum Gasteiger partial charge on any atom is 0.355 e. The molecular weight excluding hydrogens is 310 g/mol. The molecule has 0 fully saturated rings. The zero-order valence-electron chi connectivity index (χ0n) is 13.7. The third-order valence-electron chi connectivity index (χ3n) is 3.52. The number of anilines is 1. The molecule has 0 spiro atoms. The van der Waals surface area contributed by atoms with Crippen LogP contribution in [0.2, 0.25) is 0 Å². The highest BCUT2D eigenvalue weighted by Crippen LogP contribution is 2.28. The van der Waals surface area contributed by atoms with Crippen LogP contribution in [0.25, 0.3) is 0 Å². The first-order chi connectivity index (χ1) is 11.5. The number of carbonyl (C=O) groups excluding carboxylic acids is 2. The number of ether oxygens (including phenoxy) is 2. The summed E-state index contributed by atoms with van der Waals surface area (Å²) in [6.07, 6.45) is 5.79. The van der Waals surface area contributed by atoms with Gasteiger partial charge in [0, 0.05) is 11.9 Å². The smallest absolute Gasteiger partial charge is 0.355 e. The van der Waals surface area contributed by atoms with E-state index in [0.717, 1.165) is 0 Å². The molecule has 6 nitrogen and oxygen atoms in total. The first-order valence-electron chi connectivity index (χ1n) is 7.32. The van der Waals surface area contributed by atoms with Crippen molar-refractivity contribution in [3.05, 3.63) is 65.5 Å². The highest BCUT2D eigenvalue weighted by atomic mass is 16.5. The highest BCUT2D eigenvalue weighted by molar-refractivity contribution is 6.05. The quantitative estimate of drug-likeness (QED) is 0.854. The second kappa shape index (κ2) is 7.61. The molecule has 24 heavy (non-hydrogen) atoms. The van der Waals surface area contributed by atoms with E-state index in [-0.39, 0.29) is 11.3 Å². The Bertz CT molecular complexity index is 731. The van der Waals surface area contributed by atoms with Crippen molar-refractivity contribution >= 4 is 17.6 Å². The van der Waals surface area contributed by atoms with Crippen molar-refractivity contribution in [2.45, 2.75) is 13.0 Å². The van der Waals surface area contributed by atoms with Gasteiger partial charge in [-0.25, -0.2) is 9.59 Å². The van der Waals surface area contributed by atoms with Crippen LogP contribution in [-0.4, -0.2) is 31.3 Å². The maximum atomic E-state index is 12.3. The summed E-state index contributed by atoms with van der Waals surface area (Å²) in [6, 6.07) is 7.03. The molecule has 0 radical (unpaired) electrons. The third kappa shape index (κ3) is 3.55. The van der Waals surface area contributed by atoms with Crippen molar-refractivity contribution in [2.75, 3.05) is 19.1 Å². The number of esters is 2. The second-order valence-corrected chi connectivity index (χ2v) is 5.09. The minimum Gasteiger partial charge on any atom is -0.465 e. The van der Waals surface area contributed by atoms with Gasteiger partial charge in [-0.15, -0.1) is 0 Å². The standard InChI is InChI=1S/C18H19NO5/c1-12(20)13-7-6-8-14(11-13)19-10-5-4-9-15(17(21)23-2)16(19)18(22)24-3/h4-12,20H,1-3H3. The molecule has 1 unspecified atom stereocenters. The fourth-order valence-electron chi connectivity index (χ4n) is 2.30. The molecule has 0 saturated heterocycles. The average molecular weight is 329 g/mol. The first kappa shape index (κ1) is 17.5. The van der Waals surface area contributed by atoms with E-state index in [0.29, 0.717) is 11.3 Å². The Morgan fingerprint density at radius 1 is 1.12 bits per heavy atom. The van der Waals surface area contributed by atoms with Gasteiger partial charge in [0.15, 0.2) is 0 Å². The molecule has 1 aliphatic heterocycles. The molecule has 0 saturated carbocycles. The molecule has 6 heteroatoms. The highest BCUT2D eigenvalue weighted by Gasteiger charge is 2.27. The van der Waals surface area contributed by atoms with Gasteiger partial charge in [-0.1, -0.05) is 18.2 Å². The van der Waals surface area contributed by atoms with Crippen LogP contribution >= 0.6 is 0 Å². The second-order valence-electron chi connectivity index (χ2n) is 5.09. The summed E-state index contributed by atoms with van der Waals surface area (Å²) in [7, 11) is 2.49. The minimum atomic E-state index is -0.672. The number of aliphatic hydroxyl groups is 1. The summed E-state index contributed by atoms with van der Waals surface area (Å²) < 4.78 is 9.60.